The van der Waals surface area contributed by atoms with Crippen LogP contribution in [0.4, 0.5) is 11.4 Å². The van der Waals surface area contributed by atoms with Gasteiger partial charge >= 0.3 is 4.87 Å². The number of para-hydroxylation sites is 1. The minimum atomic E-state index is -0.697. The van der Waals surface area contributed by atoms with Crippen molar-refractivity contribution in [3.8, 4) is 5.75 Å². The van der Waals surface area contributed by atoms with E-state index in [1.165, 1.54) is 16.7 Å². The van der Waals surface area contributed by atoms with E-state index in [-0.39, 0.29) is 29.2 Å². The average molecular weight is 572 g/mol. The zero-order chi connectivity index (χ0) is 28.0. The van der Waals surface area contributed by atoms with E-state index in [0.717, 1.165) is 32.9 Å². The van der Waals surface area contributed by atoms with Gasteiger partial charge in [-0.2, -0.15) is 0 Å². The maximum atomic E-state index is 13.9. The maximum absolute atomic E-state index is 13.9. The van der Waals surface area contributed by atoms with Gasteiger partial charge in [0.1, 0.15) is 11.0 Å². The van der Waals surface area contributed by atoms with Crippen molar-refractivity contribution in [1.82, 2.24) is 4.98 Å². The van der Waals surface area contributed by atoms with Crippen LogP contribution in [0.5, 0.6) is 5.75 Å². The number of aromatic amines is 1. The van der Waals surface area contributed by atoms with Gasteiger partial charge in [-0.25, -0.2) is 4.90 Å². The van der Waals surface area contributed by atoms with E-state index in [9.17, 15) is 19.2 Å². The zero-order valence-electron chi connectivity index (χ0n) is 21.7. The Hall–Kier alpha value is -4.15. The molecule has 2 aliphatic rings. The molecule has 2 N–H and O–H groups in total. The summed E-state index contributed by atoms with van der Waals surface area (Å²) in [6.07, 6.45) is 0. The normalized spacial score (nSPS) is 19.8. The number of aryl methyl sites for hydroxylation is 2. The second-order valence-corrected chi connectivity index (χ2v) is 12.0. The lowest BCUT2D eigenvalue weighted by Crippen LogP contribution is -2.32. The number of thiazole rings is 1. The van der Waals surface area contributed by atoms with Gasteiger partial charge in [0.15, 0.2) is 6.61 Å². The third-order valence-corrected chi connectivity index (χ3v) is 9.52. The number of hydrogen-bond acceptors (Lipinski definition) is 7. The smallest absolute Gasteiger partial charge is 0.305 e. The number of nitrogens with one attached hydrogen (secondary N) is 2. The van der Waals surface area contributed by atoms with E-state index in [4.69, 9.17) is 4.74 Å². The van der Waals surface area contributed by atoms with Gasteiger partial charge < -0.3 is 15.0 Å². The molecule has 202 valence electrons. The summed E-state index contributed by atoms with van der Waals surface area (Å²) >= 11 is 2.29. The lowest BCUT2D eigenvalue weighted by atomic mass is 9.83. The first-order valence-corrected chi connectivity index (χ1v) is 14.4. The number of amides is 3. The van der Waals surface area contributed by atoms with Gasteiger partial charge in [-0.05, 0) is 55.3 Å². The van der Waals surface area contributed by atoms with Crippen LogP contribution in [0.25, 0.3) is 0 Å². The molecule has 4 aromatic rings. The number of ether oxygens (including phenoxy) is 1. The molecule has 0 radical (unpaired) electrons. The molecule has 0 saturated carbocycles. The van der Waals surface area contributed by atoms with Gasteiger partial charge in [-0.15, -0.1) is 0 Å². The highest BCUT2D eigenvalue weighted by Gasteiger charge is 2.56. The molecule has 0 unspecified atom stereocenters. The molecular formula is C30H25N3O5S2. The lowest BCUT2D eigenvalue weighted by molar-refractivity contribution is -0.122. The van der Waals surface area contributed by atoms with Gasteiger partial charge in [0.25, 0.3) is 5.91 Å². The zero-order valence-corrected chi connectivity index (χ0v) is 23.3. The summed E-state index contributed by atoms with van der Waals surface area (Å²) in [5.74, 6) is -1.67. The van der Waals surface area contributed by atoms with Crippen molar-refractivity contribution in [3.63, 3.8) is 0 Å². The molecule has 0 spiro atoms. The number of aromatic nitrogens is 1. The Labute approximate surface area is 238 Å². The Balaban J connectivity index is 1.29. The molecule has 3 amide bonds. The van der Waals surface area contributed by atoms with Crippen LogP contribution in [-0.2, 0) is 14.4 Å². The van der Waals surface area contributed by atoms with Gasteiger partial charge in [0.05, 0.1) is 16.6 Å². The Morgan fingerprint density at radius 1 is 0.975 bits per heavy atom. The largest absolute Gasteiger partial charge is 0.484 e. The predicted molar refractivity (Wildman–Crippen MR) is 155 cm³/mol. The Kier molecular flexibility index (Phi) is 6.81. The molecule has 6 rings (SSSR count). The van der Waals surface area contributed by atoms with Gasteiger partial charge in [-0.3, -0.25) is 19.2 Å². The monoisotopic (exact) mass is 571 g/mol. The SMILES string of the molecule is Cc1ccc(N2C(=O)[C@H]3[C@H](c4cccc(OCC(=O)Nc5ccccc5C)c4)c4sc(=O)[nH]c4S[C@H]3C2=O)cc1. The van der Waals surface area contributed by atoms with Crippen molar-refractivity contribution >= 4 is 52.2 Å². The molecule has 3 heterocycles. The van der Waals surface area contributed by atoms with Gasteiger partial charge in [-0.1, -0.05) is 71.1 Å². The quantitative estimate of drug-likeness (QED) is 0.320. The summed E-state index contributed by atoms with van der Waals surface area (Å²) in [4.78, 5) is 56.9. The summed E-state index contributed by atoms with van der Waals surface area (Å²) in [5.41, 5.74) is 3.95. The second-order valence-electron chi connectivity index (χ2n) is 9.82. The molecule has 10 heteroatoms. The van der Waals surface area contributed by atoms with Crippen molar-refractivity contribution in [2.45, 2.75) is 30.0 Å². The van der Waals surface area contributed by atoms with Crippen LogP contribution in [0.1, 0.15) is 27.5 Å². The number of imide groups is 1. The minimum absolute atomic E-state index is 0.203. The predicted octanol–water partition coefficient (Wildman–Crippen LogP) is 4.87. The van der Waals surface area contributed by atoms with E-state index >= 15 is 0 Å². The number of benzene rings is 3. The van der Waals surface area contributed by atoms with E-state index in [1.54, 1.807) is 30.3 Å². The van der Waals surface area contributed by atoms with Crippen LogP contribution in [0.2, 0.25) is 0 Å². The standard InChI is InChI=1S/C30H25N3O5S2/c1-16-10-12-19(13-11-16)33-28(35)24-23(25-27(32-30(37)40-25)39-26(24)29(33)36)18-7-5-8-20(14-18)38-15-22(34)31-21-9-4-3-6-17(21)2/h3-14,23-24,26H,15H2,1-2H3,(H,31,34)(H,32,37)/t23-,24-,26+/m0/s1. The van der Waals surface area contributed by atoms with Crippen LogP contribution in [-0.4, -0.2) is 34.6 Å². The van der Waals surface area contributed by atoms with Crippen LogP contribution >= 0.6 is 23.1 Å². The van der Waals surface area contributed by atoms with Crippen LogP contribution in [0.3, 0.4) is 0 Å². The summed E-state index contributed by atoms with van der Waals surface area (Å²) in [6, 6.07) is 21.9. The molecule has 8 nitrogen and oxygen atoms in total. The molecule has 3 aromatic carbocycles. The van der Waals surface area contributed by atoms with Crippen molar-refractivity contribution in [1.29, 1.82) is 0 Å². The second kappa shape index (κ2) is 10.4. The summed E-state index contributed by atoms with van der Waals surface area (Å²) in [5, 5.41) is 2.78. The van der Waals surface area contributed by atoms with E-state index < -0.39 is 17.1 Å². The molecule has 2 aliphatic heterocycles. The third-order valence-electron chi connectivity index (χ3n) is 7.12. The number of carbonyl (C=O) groups excluding carboxylic acids is 3. The third kappa shape index (κ3) is 4.73. The maximum Gasteiger partial charge on any atom is 0.305 e. The number of fused-ring (bicyclic) bond motifs is 2. The van der Waals surface area contributed by atoms with Gasteiger partial charge in [0, 0.05) is 16.5 Å². The Morgan fingerprint density at radius 2 is 1.75 bits per heavy atom. The number of H-pyrrole nitrogens is 1. The van der Waals surface area contributed by atoms with Crippen molar-refractivity contribution < 1.29 is 19.1 Å². The first-order valence-electron chi connectivity index (χ1n) is 12.7. The summed E-state index contributed by atoms with van der Waals surface area (Å²) in [7, 11) is 0. The fourth-order valence-electron chi connectivity index (χ4n) is 5.17. The highest BCUT2D eigenvalue weighted by atomic mass is 32.2. The van der Waals surface area contributed by atoms with Crippen LogP contribution in [0.15, 0.2) is 82.6 Å². The highest BCUT2D eigenvalue weighted by molar-refractivity contribution is 8.00. The van der Waals surface area contributed by atoms with Gasteiger partial charge in [0.2, 0.25) is 11.8 Å². The molecule has 1 saturated heterocycles. The Morgan fingerprint density at radius 3 is 2.52 bits per heavy atom. The first-order chi connectivity index (χ1) is 19.3. The minimum Gasteiger partial charge on any atom is -0.484 e. The lowest BCUT2D eigenvalue weighted by Gasteiger charge is -2.30. The fraction of sp³-hybridized carbons (Fsp3) is 0.200. The highest BCUT2D eigenvalue weighted by Crippen LogP contribution is 2.53. The van der Waals surface area contributed by atoms with Crippen LogP contribution in [0, 0.1) is 19.8 Å². The Bertz CT molecular complexity index is 1690. The number of carbonyl (C=O) groups is 3. The van der Waals surface area contributed by atoms with Crippen molar-refractivity contribution in [3.05, 3.63) is 104 Å². The number of nitrogens with zero attached hydrogens (tertiary/aromatic N) is 1. The summed E-state index contributed by atoms with van der Waals surface area (Å²) in [6.45, 7) is 3.65. The molecular weight excluding hydrogens is 546 g/mol. The van der Waals surface area contributed by atoms with E-state index in [1.807, 2.05) is 56.3 Å². The molecule has 40 heavy (non-hydrogen) atoms. The molecule has 1 aromatic heterocycles. The van der Waals surface area contributed by atoms with Crippen LogP contribution < -0.4 is 19.8 Å². The fourth-order valence-corrected chi connectivity index (χ4v) is 7.69. The average Bonchev–Trinajstić information content (AvgIpc) is 3.43. The van der Waals surface area contributed by atoms with Crippen molar-refractivity contribution in [2.24, 2.45) is 5.92 Å². The molecule has 0 aliphatic carbocycles. The molecule has 1 fully saturated rings. The molecule has 0 bridgehead atoms. The summed E-state index contributed by atoms with van der Waals surface area (Å²) < 4.78 is 5.82. The van der Waals surface area contributed by atoms with E-state index in [0.29, 0.717) is 22.2 Å². The molecule has 3 atom stereocenters. The van der Waals surface area contributed by atoms with Crippen molar-refractivity contribution in [2.75, 3.05) is 16.8 Å². The number of rotatable bonds is 6. The number of hydrogen-bond donors (Lipinski definition) is 2. The van der Waals surface area contributed by atoms with E-state index in [2.05, 4.69) is 10.3 Å². The number of anilines is 2. The first kappa shape index (κ1) is 26.1. The topological polar surface area (TPSA) is 109 Å². The number of thioether (sulfide) groups is 1.